The van der Waals surface area contributed by atoms with Crippen LogP contribution >= 0.6 is 0 Å². The van der Waals surface area contributed by atoms with Gasteiger partial charge in [0.05, 0.1) is 5.69 Å². The van der Waals surface area contributed by atoms with Crippen LogP contribution in [-0.2, 0) is 0 Å². The molecule has 2 N–H and O–H groups in total. The Bertz CT molecular complexity index is 728. The van der Waals surface area contributed by atoms with E-state index in [0.29, 0.717) is 11.5 Å². The molecule has 106 valence electrons. The molecule has 21 heavy (non-hydrogen) atoms. The number of nitrogen functional groups attached to an aromatic ring is 1. The zero-order chi connectivity index (χ0) is 14.8. The van der Waals surface area contributed by atoms with Gasteiger partial charge in [-0.15, -0.1) is 5.10 Å². The molecule has 0 amide bonds. The highest BCUT2D eigenvalue weighted by Gasteiger charge is 2.10. The highest BCUT2D eigenvalue weighted by Crippen LogP contribution is 2.21. The molecule has 0 fully saturated rings. The molecular formula is C15H16N6. The Balaban J connectivity index is 2.00. The van der Waals surface area contributed by atoms with Gasteiger partial charge in [-0.05, 0) is 59.0 Å². The summed E-state index contributed by atoms with van der Waals surface area (Å²) in [4.78, 5) is 2.05. The Kier molecular flexibility index (Phi) is 3.27. The average Bonchev–Trinajstić information content (AvgIpc) is 2.97. The van der Waals surface area contributed by atoms with Crippen LogP contribution in [0.1, 0.15) is 0 Å². The van der Waals surface area contributed by atoms with Crippen LogP contribution in [0.25, 0.3) is 17.1 Å². The fourth-order valence-corrected chi connectivity index (χ4v) is 2.07. The van der Waals surface area contributed by atoms with Crippen LogP contribution in [0, 0.1) is 0 Å². The predicted molar refractivity (Wildman–Crippen MR) is 83.3 cm³/mol. The molecule has 0 bridgehead atoms. The summed E-state index contributed by atoms with van der Waals surface area (Å²) >= 11 is 0. The van der Waals surface area contributed by atoms with E-state index in [0.717, 1.165) is 16.9 Å². The summed E-state index contributed by atoms with van der Waals surface area (Å²) < 4.78 is 1.71. The number of benzene rings is 2. The lowest BCUT2D eigenvalue weighted by Crippen LogP contribution is -2.08. The predicted octanol–water partition coefficient (Wildman–Crippen LogP) is 1.98. The molecule has 6 heteroatoms. The molecule has 0 radical (unpaired) electrons. The van der Waals surface area contributed by atoms with Crippen molar-refractivity contribution in [1.82, 2.24) is 20.2 Å². The van der Waals surface area contributed by atoms with Crippen molar-refractivity contribution in [3.8, 4) is 17.1 Å². The standard InChI is InChI=1S/C15H16N6/c1-20(2)13-7-9-14(10-8-13)21-15(17-18-19-21)11-3-5-12(16)6-4-11/h3-10H,16H2,1-2H3. The van der Waals surface area contributed by atoms with Crippen LogP contribution in [0.5, 0.6) is 0 Å². The van der Waals surface area contributed by atoms with Crippen molar-refractivity contribution in [1.29, 1.82) is 0 Å². The minimum absolute atomic E-state index is 0.688. The van der Waals surface area contributed by atoms with E-state index in [2.05, 4.69) is 15.5 Å². The summed E-state index contributed by atoms with van der Waals surface area (Å²) in [5, 5.41) is 11.9. The second-order valence-corrected chi connectivity index (χ2v) is 4.95. The van der Waals surface area contributed by atoms with Gasteiger partial charge in [0.2, 0.25) is 0 Å². The smallest absolute Gasteiger partial charge is 0.187 e. The van der Waals surface area contributed by atoms with E-state index >= 15 is 0 Å². The molecule has 0 spiro atoms. The normalized spacial score (nSPS) is 10.6. The number of anilines is 2. The molecule has 0 aliphatic carbocycles. The number of aromatic nitrogens is 4. The van der Waals surface area contributed by atoms with Gasteiger partial charge in [-0.3, -0.25) is 0 Å². The van der Waals surface area contributed by atoms with Crippen LogP contribution in [0.3, 0.4) is 0 Å². The van der Waals surface area contributed by atoms with Crippen molar-refractivity contribution in [3.63, 3.8) is 0 Å². The third-order valence-corrected chi connectivity index (χ3v) is 3.25. The lowest BCUT2D eigenvalue weighted by Gasteiger charge is -2.12. The SMILES string of the molecule is CN(C)c1ccc(-n2nnnc2-c2ccc(N)cc2)cc1. The van der Waals surface area contributed by atoms with E-state index < -0.39 is 0 Å². The van der Waals surface area contributed by atoms with Crippen LogP contribution in [0.2, 0.25) is 0 Å². The molecule has 1 aromatic heterocycles. The van der Waals surface area contributed by atoms with Gasteiger partial charge >= 0.3 is 0 Å². The second-order valence-electron chi connectivity index (χ2n) is 4.95. The largest absolute Gasteiger partial charge is 0.399 e. The molecule has 0 saturated heterocycles. The number of nitrogens with two attached hydrogens (primary N) is 1. The maximum Gasteiger partial charge on any atom is 0.187 e. The van der Waals surface area contributed by atoms with Gasteiger partial charge < -0.3 is 10.6 Å². The Morgan fingerprint density at radius 1 is 0.952 bits per heavy atom. The van der Waals surface area contributed by atoms with Gasteiger partial charge in [0, 0.05) is 31.0 Å². The van der Waals surface area contributed by atoms with Crippen molar-refractivity contribution < 1.29 is 0 Å². The molecule has 0 aliphatic rings. The van der Waals surface area contributed by atoms with Crippen molar-refractivity contribution in [3.05, 3.63) is 48.5 Å². The van der Waals surface area contributed by atoms with Gasteiger partial charge in [-0.2, -0.15) is 4.68 Å². The summed E-state index contributed by atoms with van der Waals surface area (Å²) in [5.74, 6) is 0.688. The van der Waals surface area contributed by atoms with Crippen LogP contribution in [0.15, 0.2) is 48.5 Å². The molecule has 0 aliphatic heterocycles. The first-order chi connectivity index (χ1) is 10.1. The first-order valence-corrected chi connectivity index (χ1v) is 6.57. The topological polar surface area (TPSA) is 72.9 Å². The first-order valence-electron chi connectivity index (χ1n) is 6.57. The van der Waals surface area contributed by atoms with Crippen molar-refractivity contribution in [2.75, 3.05) is 24.7 Å². The monoisotopic (exact) mass is 280 g/mol. The fraction of sp³-hybridized carbons (Fsp3) is 0.133. The Morgan fingerprint density at radius 3 is 2.24 bits per heavy atom. The lowest BCUT2D eigenvalue weighted by atomic mass is 10.2. The van der Waals surface area contributed by atoms with Gasteiger partial charge in [0.1, 0.15) is 0 Å². The van der Waals surface area contributed by atoms with Gasteiger partial charge in [-0.25, -0.2) is 0 Å². The third-order valence-electron chi connectivity index (χ3n) is 3.25. The maximum absolute atomic E-state index is 5.71. The van der Waals surface area contributed by atoms with E-state index in [1.807, 2.05) is 67.5 Å². The van der Waals surface area contributed by atoms with Gasteiger partial charge in [0.15, 0.2) is 5.82 Å². The minimum atomic E-state index is 0.688. The molecular weight excluding hydrogens is 264 g/mol. The summed E-state index contributed by atoms with van der Waals surface area (Å²) in [6.07, 6.45) is 0. The summed E-state index contributed by atoms with van der Waals surface area (Å²) in [7, 11) is 4.01. The molecule has 1 heterocycles. The second kappa shape index (κ2) is 5.24. The fourth-order valence-electron chi connectivity index (χ4n) is 2.07. The van der Waals surface area contributed by atoms with Crippen LogP contribution in [-0.4, -0.2) is 34.3 Å². The number of hydrogen-bond acceptors (Lipinski definition) is 5. The quantitative estimate of drug-likeness (QED) is 0.743. The molecule has 6 nitrogen and oxygen atoms in total. The highest BCUT2D eigenvalue weighted by molar-refractivity contribution is 5.61. The zero-order valence-electron chi connectivity index (χ0n) is 11.9. The van der Waals surface area contributed by atoms with E-state index in [9.17, 15) is 0 Å². The highest BCUT2D eigenvalue weighted by atomic mass is 15.5. The van der Waals surface area contributed by atoms with Gasteiger partial charge in [0.25, 0.3) is 0 Å². The first kappa shape index (κ1) is 13.1. The van der Waals surface area contributed by atoms with Crippen molar-refractivity contribution >= 4 is 11.4 Å². The average molecular weight is 280 g/mol. The van der Waals surface area contributed by atoms with E-state index in [1.54, 1.807) is 4.68 Å². The number of nitrogens with zero attached hydrogens (tertiary/aromatic N) is 5. The number of tetrazole rings is 1. The Morgan fingerprint density at radius 2 is 1.62 bits per heavy atom. The molecule has 0 unspecified atom stereocenters. The third kappa shape index (κ3) is 2.55. The number of rotatable bonds is 3. The maximum atomic E-state index is 5.71. The molecule has 3 rings (SSSR count). The molecule has 0 saturated carbocycles. The summed E-state index contributed by atoms with van der Waals surface area (Å²) in [5.41, 5.74) is 9.39. The van der Waals surface area contributed by atoms with Crippen molar-refractivity contribution in [2.45, 2.75) is 0 Å². The van der Waals surface area contributed by atoms with Crippen LogP contribution in [0.4, 0.5) is 11.4 Å². The summed E-state index contributed by atoms with van der Waals surface area (Å²) in [6.45, 7) is 0. The van der Waals surface area contributed by atoms with E-state index in [1.165, 1.54) is 0 Å². The lowest BCUT2D eigenvalue weighted by molar-refractivity contribution is 0.791. The number of hydrogen-bond donors (Lipinski definition) is 1. The van der Waals surface area contributed by atoms with E-state index in [-0.39, 0.29) is 0 Å². The van der Waals surface area contributed by atoms with Crippen molar-refractivity contribution in [2.24, 2.45) is 0 Å². The molecule has 0 atom stereocenters. The van der Waals surface area contributed by atoms with Crippen LogP contribution < -0.4 is 10.6 Å². The summed E-state index contributed by atoms with van der Waals surface area (Å²) in [6, 6.07) is 15.5. The molecule has 3 aromatic rings. The Hall–Kier alpha value is -2.89. The molecule has 2 aromatic carbocycles. The Labute approximate surface area is 122 Å². The van der Waals surface area contributed by atoms with E-state index in [4.69, 9.17) is 5.73 Å². The zero-order valence-corrected chi connectivity index (χ0v) is 11.9. The van der Waals surface area contributed by atoms with Gasteiger partial charge in [-0.1, -0.05) is 0 Å². The minimum Gasteiger partial charge on any atom is -0.399 e.